The first-order valence-electron chi connectivity index (χ1n) is 6.88. The summed E-state index contributed by atoms with van der Waals surface area (Å²) in [6.07, 6.45) is 0.715. The summed E-state index contributed by atoms with van der Waals surface area (Å²) in [6.45, 7) is 2.01. The van der Waals surface area contributed by atoms with Gasteiger partial charge in [0.25, 0.3) is 0 Å². The van der Waals surface area contributed by atoms with Crippen molar-refractivity contribution in [1.29, 1.82) is 0 Å². The van der Waals surface area contributed by atoms with Gasteiger partial charge in [-0.1, -0.05) is 29.8 Å². The van der Waals surface area contributed by atoms with Gasteiger partial charge in [-0.05, 0) is 36.2 Å². The first-order chi connectivity index (χ1) is 10.1. The van der Waals surface area contributed by atoms with Gasteiger partial charge in [-0.2, -0.15) is 0 Å². The average molecular weight is 280 g/mol. The van der Waals surface area contributed by atoms with Gasteiger partial charge in [0.2, 0.25) is 11.8 Å². The van der Waals surface area contributed by atoms with E-state index in [9.17, 15) is 9.59 Å². The van der Waals surface area contributed by atoms with Crippen LogP contribution in [0.15, 0.2) is 42.5 Å². The first-order valence-corrected chi connectivity index (χ1v) is 6.88. The number of fused-ring (bicyclic) bond motifs is 1. The van der Waals surface area contributed by atoms with Gasteiger partial charge in [0.15, 0.2) is 0 Å². The van der Waals surface area contributed by atoms with Crippen LogP contribution in [0, 0.1) is 6.92 Å². The van der Waals surface area contributed by atoms with Gasteiger partial charge in [-0.15, -0.1) is 0 Å². The molecule has 1 aliphatic rings. The standard InChI is InChI=1S/C17H16N2O2/c1-11-3-2-4-12(7-11)8-16(20)18-14-5-6-15-13(9-14)10-17(21)19-15/h2-7,9H,8,10H2,1H3,(H,18,20)(H,19,21). The van der Waals surface area contributed by atoms with Crippen molar-refractivity contribution in [3.05, 3.63) is 59.2 Å². The molecule has 0 unspecified atom stereocenters. The van der Waals surface area contributed by atoms with E-state index in [1.54, 1.807) is 6.07 Å². The summed E-state index contributed by atoms with van der Waals surface area (Å²) in [5, 5.41) is 5.65. The van der Waals surface area contributed by atoms with Crippen LogP contribution >= 0.6 is 0 Å². The Hall–Kier alpha value is -2.62. The van der Waals surface area contributed by atoms with E-state index in [1.807, 2.05) is 43.3 Å². The molecule has 0 saturated heterocycles. The minimum atomic E-state index is -0.0576. The van der Waals surface area contributed by atoms with E-state index >= 15 is 0 Å². The van der Waals surface area contributed by atoms with Crippen LogP contribution in [0.1, 0.15) is 16.7 Å². The van der Waals surface area contributed by atoms with E-state index in [4.69, 9.17) is 0 Å². The van der Waals surface area contributed by atoms with Gasteiger partial charge in [0.05, 0.1) is 12.8 Å². The zero-order chi connectivity index (χ0) is 14.8. The molecule has 0 radical (unpaired) electrons. The van der Waals surface area contributed by atoms with Crippen LogP contribution < -0.4 is 10.6 Å². The Labute approximate surface area is 123 Å². The lowest BCUT2D eigenvalue weighted by atomic mass is 10.1. The zero-order valence-electron chi connectivity index (χ0n) is 11.8. The lowest BCUT2D eigenvalue weighted by Crippen LogP contribution is -2.14. The number of amides is 2. The fourth-order valence-electron chi connectivity index (χ4n) is 2.52. The third-order valence-corrected chi connectivity index (χ3v) is 3.46. The molecule has 0 aromatic heterocycles. The number of rotatable bonds is 3. The molecule has 0 aliphatic carbocycles. The number of carbonyl (C=O) groups is 2. The van der Waals surface area contributed by atoms with Crippen LogP contribution in [0.25, 0.3) is 0 Å². The van der Waals surface area contributed by atoms with E-state index < -0.39 is 0 Å². The van der Waals surface area contributed by atoms with Crippen molar-refractivity contribution in [2.45, 2.75) is 19.8 Å². The Kier molecular flexibility index (Phi) is 3.44. The third kappa shape index (κ3) is 3.11. The fourth-order valence-corrected chi connectivity index (χ4v) is 2.52. The van der Waals surface area contributed by atoms with E-state index in [2.05, 4.69) is 10.6 Å². The average Bonchev–Trinajstić information content (AvgIpc) is 2.78. The van der Waals surface area contributed by atoms with Gasteiger partial charge in [0, 0.05) is 11.4 Å². The molecule has 2 amide bonds. The molecule has 1 heterocycles. The van der Waals surface area contributed by atoms with Crippen LogP contribution in [0.4, 0.5) is 11.4 Å². The second kappa shape index (κ2) is 5.40. The number of nitrogens with one attached hydrogen (secondary N) is 2. The lowest BCUT2D eigenvalue weighted by molar-refractivity contribution is -0.116. The third-order valence-electron chi connectivity index (χ3n) is 3.46. The van der Waals surface area contributed by atoms with E-state index in [0.29, 0.717) is 12.8 Å². The highest BCUT2D eigenvalue weighted by atomic mass is 16.2. The summed E-state index contributed by atoms with van der Waals surface area (Å²) in [5.41, 5.74) is 4.61. The molecule has 3 rings (SSSR count). The van der Waals surface area contributed by atoms with Crippen LogP contribution in [0.5, 0.6) is 0 Å². The Bertz CT molecular complexity index is 722. The Balaban J connectivity index is 1.68. The van der Waals surface area contributed by atoms with Crippen LogP contribution in [-0.2, 0) is 22.4 Å². The Morgan fingerprint density at radius 1 is 1.24 bits per heavy atom. The van der Waals surface area contributed by atoms with Gasteiger partial charge in [0.1, 0.15) is 0 Å². The predicted molar refractivity (Wildman–Crippen MR) is 82.3 cm³/mol. The van der Waals surface area contributed by atoms with E-state index in [1.165, 1.54) is 0 Å². The van der Waals surface area contributed by atoms with Crippen molar-refractivity contribution >= 4 is 23.2 Å². The molecule has 2 aromatic carbocycles. The molecule has 0 fully saturated rings. The maximum Gasteiger partial charge on any atom is 0.228 e. The number of carbonyl (C=O) groups excluding carboxylic acids is 2. The summed E-state index contributed by atoms with van der Waals surface area (Å²) in [4.78, 5) is 23.4. The highest BCUT2D eigenvalue weighted by molar-refractivity contribution is 6.00. The van der Waals surface area contributed by atoms with Crippen LogP contribution in [0.3, 0.4) is 0 Å². The highest BCUT2D eigenvalue weighted by Gasteiger charge is 2.17. The molecular weight excluding hydrogens is 264 g/mol. The van der Waals surface area contributed by atoms with Crippen molar-refractivity contribution in [1.82, 2.24) is 0 Å². The minimum absolute atomic E-state index is 0.00626. The lowest BCUT2D eigenvalue weighted by Gasteiger charge is -2.07. The molecule has 0 spiro atoms. The topological polar surface area (TPSA) is 58.2 Å². The van der Waals surface area contributed by atoms with Crippen molar-refractivity contribution in [3.63, 3.8) is 0 Å². The summed E-state index contributed by atoms with van der Waals surface area (Å²) in [5.74, 6) is -0.0638. The summed E-state index contributed by atoms with van der Waals surface area (Å²) >= 11 is 0. The molecular formula is C17H16N2O2. The quantitative estimate of drug-likeness (QED) is 0.908. The molecule has 21 heavy (non-hydrogen) atoms. The molecule has 1 aliphatic heterocycles. The van der Waals surface area contributed by atoms with Crippen molar-refractivity contribution in [2.75, 3.05) is 10.6 Å². The van der Waals surface area contributed by atoms with Crippen LogP contribution in [0.2, 0.25) is 0 Å². The summed E-state index contributed by atoms with van der Waals surface area (Å²) in [6, 6.07) is 13.4. The van der Waals surface area contributed by atoms with Gasteiger partial charge in [-0.3, -0.25) is 9.59 Å². The van der Waals surface area contributed by atoms with Crippen molar-refractivity contribution in [3.8, 4) is 0 Å². The minimum Gasteiger partial charge on any atom is -0.326 e. The highest BCUT2D eigenvalue weighted by Crippen LogP contribution is 2.26. The smallest absolute Gasteiger partial charge is 0.228 e. The Morgan fingerprint density at radius 3 is 2.90 bits per heavy atom. The second-order valence-electron chi connectivity index (χ2n) is 5.31. The fraction of sp³-hybridized carbons (Fsp3) is 0.176. The van der Waals surface area contributed by atoms with Gasteiger partial charge >= 0.3 is 0 Å². The maximum atomic E-state index is 12.1. The largest absolute Gasteiger partial charge is 0.326 e. The van der Waals surface area contributed by atoms with Crippen LogP contribution in [-0.4, -0.2) is 11.8 Å². The van der Waals surface area contributed by atoms with E-state index in [-0.39, 0.29) is 11.8 Å². The zero-order valence-corrected chi connectivity index (χ0v) is 11.8. The molecule has 106 valence electrons. The summed E-state index contributed by atoms with van der Waals surface area (Å²) in [7, 11) is 0. The van der Waals surface area contributed by atoms with Gasteiger partial charge in [-0.25, -0.2) is 0 Å². The molecule has 4 nitrogen and oxygen atoms in total. The monoisotopic (exact) mass is 280 g/mol. The van der Waals surface area contributed by atoms with Crippen molar-refractivity contribution < 1.29 is 9.59 Å². The normalized spacial score (nSPS) is 12.7. The number of hydrogen-bond donors (Lipinski definition) is 2. The number of aryl methyl sites for hydroxylation is 1. The molecule has 0 saturated carbocycles. The maximum absolute atomic E-state index is 12.1. The SMILES string of the molecule is Cc1cccc(CC(=O)Nc2ccc3c(c2)CC(=O)N3)c1. The number of hydrogen-bond acceptors (Lipinski definition) is 2. The first kappa shape index (κ1) is 13.4. The molecule has 2 N–H and O–H groups in total. The van der Waals surface area contributed by atoms with E-state index in [0.717, 1.165) is 28.1 Å². The van der Waals surface area contributed by atoms with Crippen molar-refractivity contribution in [2.24, 2.45) is 0 Å². The number of benzene rings is 2. The second-order valence-corrected chi connectivity index (χ2v) is 5.31. The predicted octanol–water partition coefficient (Wildman–Crippen LogP) is 2.67. The summed E-state index contributed by atoms with van der Waals surface area (Å²) < 4.78 is 0. The molecule has 2 aromatic rings. The molecule has 4 heteroatoms. The molecule has 0 atom stereocenters. The van der Waals surface area contributed by atoms with Gasteiger partial charge < -0.3 is 10.6 Å². The Morgan fingerprint density at radius 2 is 2.10 bits per heavy atom. The molecule has 0 bridgehead atoms. The number of anilines is 2.